The summed E-state index contributed by atoms with van der Waals surface area (Å²) in [5, 5.41) is 4.95. The van der Waals surface area contributed by atoms with Gasteiger partial charge >= 0.3 is 0 Å². The van der Waals surface area contributed by atoms with Gasteiger partial charge in [-0.15, -0.1) is 11.3 Å². The van der Waals surface area contributed by atoms with E-state index >= 15 is 0 Å². The Balaban J connectivity index is 2.08. The molecular weight excluding hydrogens is 270 g/mol. The van der Waals surface area contributed by atoms with E-state index in [9.17, 15) is 4.79 Å². The van der Waals surface area contributed by atoms with E-state index in [1.54, 1.807) is 11.3 Å². The van der Waals surface area contributed by atoms with Gasteiger partial charge in [0.2, 0.25) is 0 Å². The van der Waals surface area contributed by atoms with E-state index in [1.165, 1.54) is 12.3 Å². The van der Waals surface area contributed by atoms with Crippen molar-refractivity contribution in [3.8, 4) is 0 Å². The average Bonchev–Trinajstić information content (AvgIpc) is 2.75. The van der Waals surface area contributed by atoms with Gasteiger partial charge in [0.05, 0.1) is 24.0 Å². The number of nitrogens with zero attached hydrogens (tertiary/aromatic N) is 1. The molecule has 18 heavy (non-hydrogen) atoms. The molecule has 0 aliphatic heterocycles. The number of hydrogen-bond donors (Lipinski definition) is 2. The van der Waals surface area contributed by atoms with E-state index in [-0.39, 0.29) is 11.1 Å². The van der Waals surface area contributed by atoms with Gasteiger partial charge in [-0.3, -0.25) is 4.79 Å². The molecule has 0 spiro atoms. The van der Waals surface area contributed by atoms with Crippen LogP contribution in [0.5, 0.6) is 0 Å². The molecule has 3 N–H and O–H groups in total. The Morgan fingerprint density at radius 3 is 3.06 bits per heavy atom. The number of nitrogen functional groups attached to an aromatic ring is 1. The quantitative estimate of drug-likeness (QED) is 0.850. The molecule has 6 heteroatoms. The zero-order valence-electron chi connectivity index (χ0n) is 9.74. The van der Waals surface area contributed by atoms with Crippen molar-refractivity contribution in [3.63, 3.8) is 0 Å². The lowest BCUT2D eigenvalue weighted by atomic mass is 10.2. The van der Waals surface area contributed by atoms with Crippen LogP contribution < -0.4 is 11.1 Å². The second-order valence-electron chi connectivity index (χ2n) is 3.82. The first-order valence-electron chi connectivity index (χ1n) is 5.30. The van der Waals surface area contributed by atoms with Crippen LogP contribution in [0.15, 0.2) is 23.7 Å². The number of hydrogen-bond acceptors (Lipinski definition) is 4. The van der Waals surface area contributed by atoms with Gasteiger partial charge in [0.1, 0.15) is 5.15 Å². The molecule has 0 unspecified atom stereocenters. The van der Waals surface area contributed by atoms with Crippen LogP contribution in [0.2, 0.25) is 5.15 Å². The number of aromatic nitrogens is 1. The van der Waals surface area contributed by atoms with Gasteiger partial charge in [-0.1, -0.05) is 11.6 Å². The van der Waals surface area contributed by atoms with Crippen molar-refractivity contribution in [2.45, 2.75) is 13.5 Å². The normalized spacial score (nSPS) is 10.3. The minimum absolute atomic E-state index is 0.157. The highest BCUT2D eigenvalue weighted by atomic mass is 35.5. The number of amides is 1. The predicted octanol–water partition coefficient (Wildman–Crippen LogP) is 2.62. The lowest BCUT2D eigenvalue weighted by Gasteiger charge is -2.06. The Kier molecular flexibility index (Phi) is 3.84. The van der Waals surface area contributed by atoms with E-state index < -0.39 is 0 Å². The zero-order valence-corrected chi connectivity index (χ0v) is 11.3. The van der Waals surface area contributed by atoms with Crippen LogP contribution >= 0.6 is 22.9 Å². The third-order valence-electron chi connectivity index (χ3n) is 2.48. The maximum absolute atomic E-state index is 11.9. The summed E-state index contributed by atoms with van der Waals surface area (Å²) in [4.78, 5) is 16.9. The fourth-order valence-electron chi connectivity index (χ4n) is 1.46. The van der Waals surface area contributed by atoms with Crippen molar-refractivity contribution < 1.29 is 4.79 Å². The molecule has 0 saturated carbocycles. The van der Waals surface area contributed by atoms with E-state index in [2.05, 4.69) is 10.3 Å². The van der Waals surface area contributed by atoms with Crippen LogP contribution in [-0.4, -0.2) is 10.9 Å². The fraction of sp³-hybridized carbons (Fsp3) is 0.167. The second-order valence-corrected chi connectivity index (χ2v) is 5.18. The summed E-state index contributed by atoms with van der Waals surface area (Å²) in [6, 6.07) is 3.53. The van der Waals surface area contributed by atoms with Crippen molar-refractivity contribution in [1.29, 1.82) is 0 Å². The van der Waals surface area contributed by atoms with Gasteiger partial charge < -0.3 is 11.1 Å². The van der Waals surface area contributed by atoms with Gasteiger partial charge in [-0.05, 0) is 30.0 Å². The molecule has 0 aromatic carbocycles. The third kappa shape index (κ3) is 2.80. The topological polar surface area (TPSA) is 68.0 Å². The molecule has 0 aliphatic carbocycles. The number of aryl methyl sites for hydroxylation is 1. The number of thiophene rings is 1. The maximum atomic E-state index is 11.9. The highest BCUT2D eigenvalue weighted by Gasteiger charge is 2.12. The first-order chi connectivity index (χ1) is 8.58. The molecule has 0 saturated heterocycles. The molecule has 1 amide bonds. The van der Waals surface area contributed by atoms with Gasteiger partial charge in [0.15, 0.2) is 0 Å². The number of rotatable bonds is 3. The molecule has 0 fully saturated rings. The summed E-state index contributed by atoms with van der Waals surface area (Å²) in [5.74, 6) is -0.271. The molecule has 0 aliphatic rings. The molecule has 2 heterocycles. The standard InChI is InChI=1S/C12H12ClN3OS/c1-7-2-3-18-10(7)6-16-12(17)9-4-8(14)5-15-11(9)13/h2-5H,6,14H2,1H3,(H,16,17). The number of pyridine rings is 1. The molecule has 94 valence electrons. The zero-order chi connectivity index (χ0) is 13.1. The highest BCUT2D eigenvalue weighted by molar-refractivity contribution is 7.10. The van der Waals surface area contributed by atoms with Crippen LogP contribution in [0, 0.1) is 6.92 Å². The molecule has 2 aromatic heterocycles. The molecule has 0 radical (unpaired) electrons. The lowest BCUT2D eigenvalue weighted by Crippen LogP contribution is -2.23. The molecule has 0 atom stereocenters. The van der Waals surface area contributed by atoms with Crippen LogP contribution in [-0.2, 0) is 6.54 Å². The van der Waals surface area contributed by atoms with Crippen LogP contribution in [0.1, 0.15) is 20.8 Å². The van der Waals surface area contributed by atoms with Crippen LogP contribution in [0.4, 0.5) is 5.69 Å². The van der Waals surface area contributed by atoms with E-state index in [0.717, 1.165) is 10.4 Å². The molecule has 2 aromatic rings. The van der Waals surface area contributed by atoms with E-state index in [4.69, 9.17) is 17.3 Å². The Hall–Kier alpha value is -1.59. The first kappa shape index (κ1) is 12.9. The Morgan fingerprint density at radius 2 is 2.39 bits per heavy atom. The Bertz CT molecular complexity index is 582. The summed E-state index contributed by atoms with van der Waals surface area (Å²) in [6.45, 7) is 2.49. The SMILES string of the molecule is Cc1ccsc1CNC(=O)c1cc(N)cnc1Cl. The maximum Gasteiger partial charge on any atom is 0.254 e. The average molecular weight is 282 g/mol. The number of nitrogens with one attached hydrogen (secondary N) is 1. The Morgan fingerprint density at radius 1 is 1.61 bits per heavy atom. The number of halogens is 1. The highest BCUT2D eigenvalue weighted by Crippen LogP contribution is 2.17. The van der Waals surface area contributed by atoms with Crippen molar-refractivity contribution in [3.05, 3.63) is 44.9 Å². The summed E-state index contributed by atoms with van der Waals surface area (Å²) in [5.41, 5.74) is 7.46. The summed E-state index contributed by atoms with van der Waals surface area (Å²) in [6.07, 6.45) is 1.42. The number of anilines is 1. The molecule has 2 rings (SSSR count). The molecular formula is C12H12ClN3OS. The largest absolute Gasteiger partial charge is 0.397 e. The van der Waals surface area contributed by atoms with Gasteiger partial charge in [0, 0.05) is 4.88 Å². The van der Waals surface area contributed by atoms with Gasteiger partial charge in [-0.2, -0.15) is 0 Å². The van der Waals surface area contributed by atoms with Crippen molar-refractivity contribution >= 4 is 34.5 Å². The summed E-state index contributed by atoms with van der Waals surface area (Å²) < 4.78 is 0. The number of nitrogens with two attached hydrogens (primary N) is 1. The van der Waals surface area contributed by atoms with Crippen molar-refractivity contribution in [2.75, 3.05) is 5.73 Å². The monoisotopic (exact) mass is 281 g/mol. The predicted molar refractivity (Wildman–Crippen MR) is 73.9 cm³/mol. The lowest BCUT2D eigenvalue weighted by molar-refractivity contribution is 0.0951. The van der Waals surface area contributed by atoms with Crippen molar-refractivity contribution in [2.24, 2.45) is 0 Å². The molecule has 4 nitrogen and oxygen atoms in total. The second kappa shape index (κ2) is 5.37. The Labute approximate surface area is 114 Å². The third-order valence-corrected chi connectivity index (χ3v) is 3.81. The minimum atomic E-state index is -0.271. The summed E-state index contributed by atoms with van der Waals surface area (Å²) in [7, 11) is 0. The first-order valence-corrected chi connectivity index (χ1v) is 6.56. The van der Waals surface area contributed by atoms with Crippen molar-refractivity contribution in [1.82, 2.24) is 10.3 Å². The van der Waals surface area contributed by atoms with E-state index in [0.29, 0.717) is 17.8 Å². The number of carbonyl (C=O) groups excluding carboxylic acids is 1. The van der Waals surface area contributed by atoms with Gasteiger partial charge in [-0.25, -0.2) is 4.98 Å². The fourth-order valence-corrected chi connectivity index (χ4v) is 2.50. The van der Waals surface area contributed by atoms with Crippen LogP contribution in [0.3, 0.4) is 0 Å². The number of carbonyl (C=O) groups is 1. The minimum Gasteiger partial charge on any atom is -0.397 e. The van der Waals surface area contributed by atoms with Crippen LogP contribution in [0.25, 0.3) is 0 Å². The van der Waals surface area contributed by atoms with Gasteiger partial charge in [0.25, 0.3) is 5.91 Å². The summed E-state index contributed by atoms with van der Waals surface area (Å²) >= 11 is 7.46. The van der Waals surface area contributed by atoms with E-state index in [1.807, 2.05) is 18.4 Å². The molecule has 0 bridgehead atoms. The smallest absolute Gasteiger partial charge is 0.254 e.